The summed E-state index contributed by atoms with van der Waals surface area (Å²) in [5, 5.41) is 18.8. The lowest BCUT2D eigenvalue weighted by Crippen LogP contribution is -2.53. The number of benzene rings is 1. The minimum absolute atomic E-state index is 0.151. The topological polar surface area (TPSA) is 113 Å². The fourth-order valence-corrected chi connectivity index (χ4v) is 4.28. The smallest absolute Gasteiger partial charge is 0.242 e. The Labute approximate surface area is 131 Å². The van der Waals surface area contributed by atoms with Crippen LogP contribution in [0.15, 0.2) is 21.5 Å². The van der Waals surface area contributed by atoms with Gasteiger partial charge in [0.15, 0.2) is 0 Å². The molecule has 114 valence electrons. The minimum atomic E-state index is -4.01. The first-order chi connectivity index (χ1) is 9.21. The molecule has 6 nitrogen and oxygen atoms in total. The van der Waals surface area contributed by atoms with Crippen molar-refractivity contribution in [2.45, 2.75) is 23.8 Å². The van der Waals surface area contributed by atoms with Crippen LogP contribution in [0.5, 0.6) is 0 Å². The van der Waals surface area contributed by atoms with Gasteiger partial charge in [-0.25, -0.2) is 13.1 Å². The molecule has 0 saturated heterocycles. The normalized spacial score (nSPS) is 12.7. The molecule has 1 rings (SSSR count). The van der Waals surface area contributed by atoms with Crippen molar-refractivity contribution in [1.29, 1.82) is 0 Å². The predicted octanol–water partition coefficient (Wildman–Crippen LogP) is 1.10. The molecule has 1 aromatic rings. The summed E-state index contributed by atoms with van der Waals surface area (Å²) in [6.45, 7) is 0.579. The van der Waals surface area contributed by atoms with Crippen LogP contribution in [0, 0.1) is 0 Å². The molecule has 0 radical (unpaired) electrons. The average Bonchev–Trinajstić information content (AvgIpc) is 2.40. The van der Waals surface area contributed by atoms with Gasteiger partial charge in [0, 0.05) is 10.7 Å². The fourth-order valence-electron chi connectivity index (χ4n) is 1.53. The predicted molar refractivity (Wildman–Crippen MR) is 81.1 cm³/mol. The second-order valence-electron chi connectivity index (χ2n) is 4.36. The van der Waals surface area contributed by atoms with Gasteiger partial charge in [0.05, 0.1) is 28.1 Å². The van der Waals surface area contributed by atoms with Crippen LogP contribution in [0.4, 0.5) is 5.69 Å². The van der Waals surface area contributed by atoms with Crippen molar-refractivity contribution in [3.05, 3.63) is 21.6 Å². The monoisotopic (exact) mass is 386 g/mol. The summed E-state index contributed by atoms with van der Waals surface area (Å²) < 4.78 is 27.2. The van der Waals surface area contributed by atoms with Gasteiger partial charge >= 0.3 is 0 Å². The molecular formula is C11H16BrClN2O4S. The Hall–Kier alpha value is -0.380. The molecule has 0 saturated carbocycles. The zero-order valence-corrected chi connectivity index (χ0v) is 13.9. The fraction of sp³-hybridized carbons (Fsp3) is 0.455. The lowest BCUT2D eigenvalue weighted by atomic mass is 10.0. The summed E-state index contributed by atoms with van der Waals surface area (Å²) in [7, 11) is -4.01. The van der Waals surface area contributed by atoms with Gasteiger partial charge in [0.1, 0.15) is 0 Å². The molecule has 0 spiro atoms. The number of halogens is 2. The maximum absolute atomic E-state index is 12.4. The van der Waals surface area contributed by atoms with Crippen molar-refractivity contribution in [3.8, 4) is 0 Å². The first-order valence-electron chi connectivity index (χ1n) is 5.71. The van der Waals surface area contributed by atoms with Crippen LogP contribution in [-0.4, -0.2) is 37.4 Å². The second kappa shape index (κ2) is 6.59. The highest BCUT2D eigenvalue weighted by Crippen LogP contribution is 2.32. The second-order valence-corrected chi connectivity index (χ2v) is 7.24. The van der Waals surface area contributed by atoms with Crippen LogP contribution in [0.3, 0.4) is 0 Å². The molecule has 0 amide bonds. The SMILES string of the molecule is CCC(CO)(CO)NS(=O)(=O)c1cc(Cl)cc(N)c1Br. The van der Waals surface area contributed by atoms with Crippen LogP contribution in [0.2, 0.25) is 5.02 Å². The van der Waals surface area contributed by atoms with E-state index in [0.29, 0.717) is 0 Å². The molecule has 0 fully saturated rings. The van der Waals surface area contributed by atoms with E-state index in [2.05, 4.69) is 20.7 Å². The number of rotatable bonds is 6. The highest BCUT2D eigenvalue weighted by atomic mass is 79.9. The molecule has 0 bridgehead atoms. The number of nitrogens with one attached hydrogen (secondary N) is 1. The van der Waals surface area contributed by atoms with Crippen LogP contribution in [0.25, 0.3) is 0 Å². The lowest BCUT2D eigenvalue weighted by Gasteiger charge is -2.29. The Morgan fingerprint density at radius 3 is 2.40 bits per heavy atom. The molecule has 0 aliphatic heterocycles. The number of aliphatic hydroxyl groups is 2. The maximum atomic E-state index is 12.4. The maximum Gasteiger partial charge on any atom is 0.242 e. The van der Waals surface area contributed by atoms with E-state index in [4.69, 9.17) is 17.3 Å². The van der Waals surface area contributed by atoms with Gasteiger partial charge in [-0.2, -0.15) is 0 Å². The highest BCUT2D eigenvalue weighted by molar-refractivity contribution is 9.10. The van der Waals surface area contributed by atoms with E-state index < -0.39 is 28.8 Å². The number of hydrogen-bond acceptors (Lipinski definition) is 5. The molecule has 0 aromatic heterocycles. The molecule has 0 aliphatic carbocycles. The quantitative estimate of drug-likeness (QED) is 0.546. The molecule has 0 heterocycles. The standard InChI is InChI=1S/C11H16BrClN2O4S/c1-2-11(5-16,6-17)15-20(18,19)9-4-7(13)3-8(14)10(9)12/h3-4,15-17H,2,5-6,14H2,1H3. The Balaban J connectivity index is 3.31. The van der Waals surface area contributed by atoms with Crippen molar-refractivity contribution < 1.29 is 18.6 Å². The van der Waals surface area contributed by atoms with Crippen LogP contribution in [-0.2, 0) is 10.0 Å². The molecule has 0 atom stereocenters. The summed E-state index contributed by atoms with van der Waals surface area (Å²) in [6.07, 6.45) is 0.215. The van der Waals surface area contributed by atoms with Gasteiger partial charge in [-0.05, 0) is 34.5 Å². The van der Waals surface area contributed by atoms with Gasteiger partial charge in [-0.3, -0.25) is 0 Å². The van der Waals surface area contributed by atoms with Gasteiger partial charge in [0.25, 0.3) is 0 Å². The van der Waals surface area contributed by atoms with Crippen molar-refractivity contribution >= 4 is 43.2 Å². The average molecular weight is 388 g/mol. The summed E-state index contributed by atoms with van der Waals surface area (Å²) in [4.78, 5) is -0.151. The zero-order chi connectivity index (χ0) is 15.6. The van der Waals surface area contributed by atoms with E-state index in [9.17, 15) is 18.6 Å². The third kappa shape index (κ3) is 3.63. The molecule has 9 heteroatoms. The number of anilines is 1. The Morgan fingerprint density at radius 1 is 1.40 bits per heavy atom. The first kappa shape index (κ1) is 17.7. The van der Waals surface area contributed by atoms with E-state index in [-0.39, 0.29) is 26.5 Å². The molecule has 0 unspecified atom stereocenters. The Bertz CT molecular complexity index is 582. The summed E-state index contributed by atoms with van der Waals surface area (Å²) in [6, 6.07) is 2.65. The van der Waals surface area contributed by atoms with Gasteiger partial charge in [0.2, 0.25) is 10.0 Å². The third-order valence-electron chi connectivity index (χ3n) is 2.95. The van der Waals surface area contributed by atoms with Crippen molar-refractivity contribution in [2.75, 3.05) is 18.9 Å². The molecule has 20 heavy (non-hydrogen) atoms. The van der Waals surface area contributed by atoms with E-state index in [1.807, 2.05) is 0 Å². The number of nitrogen functional groups attached to an aromatic ring is 1. The largest absolute Gasteiger partial charge is 0.398 e. The Morgan fingerprint density at radius 2 is 1.95 bits per heavy atom. The van der Waals surface area contributed by atoms with E-state index in [0.717, 1.165) is 0 Å². The van der Waals surface area contributed by atoms with E-state index in [1.165, 1.54) is 12.1 Å². The summed E-state index contributed by atoms with van der Waals surface area (Å²) in [5.41, 5.74) is 4.49. The van der Waals surface area contributed by atoms with Crippen molar-refractivity contribution in [2.24, 2.45) is 0 Å². The number of sulfonamides is 1. The summed E-state index contributed by atoms with van der Waals surface area (Å²) >= 11 is 8.90. The first-order valence-corrected chi connectivity index (χ1v) is 8.37. The van der Waals surface area contributed by atoms with E-state index >= 15 is 0 Å². The lowest BCUT2D eigenvalue weighted by molar-refractivity contribution is 0.105. The third-order valence-corrected chi connectivity index (χ3v) is 5.92. The molecule has 5 N–H and O–H groups in total. The minimum Gasteiger partial charge on any atom is -0.398 e. The van der Waals surface area contributed by atoms with Crippen molar-refractivity contribution in [3.63, 3.8) is 0 Å². The van der Waals surface area contributed by atoms with Gasteiger partial charge < -0.3 is 15.9 Å². The van der Waals surface area contributed by atoms with Crippen LogP contribution >= 0.6 is 27.5 Å². The van der Waals surface area contributed by atoms with Gasteiger partial charge in [-0.1, -0.05) is 18.5 Å². The van der Waals surface area contributed by atoms with Crippen LogP contribution in [0.1, 0.15) is 13.3 Å². The Kier molecular flexibility index (Phi) is 5.82. The highest BCUT2D eigenvalue weighted by Gasteiger charge is 2.34. The van der Waals surface area contributed by atoms with Crippen molar-refractivity contribution in [1.82, 2.24) is 4.72 Å². The number of hydrogen-bond donors (Lipinski definition) is 4. The molecule has 0 aliphatic rings. The van der Waals surface area contributed by atoms with Gasteiger partial charge in [-0.15, -0.1) is 0 Å². The molecule has 1 aromatic carbocycles. The number of nitrogens with two attached hydrogens (primary N) is 1. The molecular weight excluding hydrogens is 372 g/mol. The van der Waals surface area contributed by atoms with Crippen LogP contribution < -0.4 is 10.5 Å². The zero-order valence-electron chi connectivity index (χ0n) is 10.7. The van der Waals surface area contributed by atoms with E-state index in [1.54, 1.807) is 6.92 Å². The summed E-state index contributed by atoms with van der Waals surface area (Å²) in [5.74, 6) is 0. The number of aliphatic hydroxyl groups excluding tert-OH is 2.